The van der Waals surface area contributed by atoms with E-state index in [0.29, 0.717) is 21.1 Å². The van der Waals surface area contributed by atoms with Gasteiger partial charge in [0.2, 0.25) is 0 Å². The summed E-state index contributed by atoms with van der Waals surface area (Å²) in [6.45, 7) is 29.1. The summed E-state index contributed by atoms with van der Waals surface area (Å²) in [5.74, 6) is 0. The maximum Gasteiger partial charge on any atom is 0.132 e. The molecule has 1 fully saturated rings. The van der Waals surface area contributed by atoms with Gasteiger partial charge in [0.1, 0.15) is 13.0 Å². The minimum absolute atomic E-state index is 0.168. The molecule has 2 heteroatoms. The molecule has 0 spiro atoms. The van der Waals surface area contributed by atoms with Gasteiger partial charge in [0.15, 0.2) is 0 Å². The molecule has 1 saturated heterocycles. The van der Waals surface area contributed by atoms with E-state index in [4.69, 9.17) is 0 Å². The van der Waals surface area contributed by atoms with E-state index in [1.165, 1.54) is 6.16 Å². The Kier molecular flexibility index (Phi) is 4.66. The van der Waals surface area contributed by atoms with Gasteiger partial charge in [0.25, 0.3) is 0 Å². The molecule has 0 bridgehead atoms. The first-order valence-electron chi connectivity index (χ1n) is 8.12. The molecule has 0 radical (unpaired) electrons. The Morgan fingerprint density at radius 3 is 1.30 bits per heavy atom. The number of rotatable bonds is 1. The van der Waals surface area contributed by atoms with E-state index in [2.05, 4.69) is 83.1 Å². The van der Waals surface area contributed by atoms with E-state index in [1.54, 1.807) is 0 Å². The van der Waals surface area contributed by atoms with Gasteiger partial charge in [0.05, 0.1) is 18.3 Å². The first-order valence-corrected chi connectivity index (χ1v) is 12.3. The summed E-state index contributed by atoms with van der Waals surface area (Å²) < 4.78 is 0. The van der Waals surface area contributed by atoms with Crippen LogP contribution in [0.5, 0.6) is 0 Å². The van der Waals surface area contributed by atoms with Crippen molar-refractivity contribution in [2.24, 2.45) is 10.8 Å². The molecule has 120 valence electrons. The quantitative estimate of drug-likeness (QED) is 0.441. The highest BCUT2D eigenvalue weighted by Gasteiger charge is 2.84. The molecule has 0 N–H and O–H groups in total. The minimum Gasteiger partial charge on any atom is -0.0567 e. The van der Waals surface area contributed by atoms with Gasteiger partial charge in [-0.1, -0.05) is 62.3 Å². The lowest BCUT2D eigenvalue weighted by Gasteiger charge is -2.34. The fourth-order valence-corrected chi connectivity index (χ4v) is 26.6. The average molecular weight is 317 g/mol. The van der Waals surface area contributed by atoms with Crippen molar-refractivity contribution in [1.29, 1.82) is 0 Å². The summed E-state index contributed by atoms with van der Waals surface area (Å²) in [5.41, 5.74) is 0.943. The van der Waals surface area contributed by atoms with Gasteiger partial charge >= 0.3 is 0 Å². The summed E-state index contributed by atoms with van der Waals surface area (Å²) in [7, 11) is 0.168. The number of hydrogen-bond acceptors (Lipinski definition) is 0. The molecular formula is C18H39P2+. The van der Waals surface area contributed by atoms with E-state index < -0.39 is 6.95 Å². The Labute approximate surface area is 130 Å². The first-order chi connectivity index (χ1) is 8.45. The Bertz CT molecular complexity index is 335. The minimum atomic E-state index is -0.896. The molecule has 3 unspecified atom stereocenters. The van der Waals surface area contributed by atoms with Crippen molar-refractivity contribution < 1.29 is 0 Å². The second-order valence-electron chi connectivity index (χ2n) is 11.0. The van der Waals surface area contributed by atoms with Crippen molar-refractivity contribution in [3.63, 3.8) is 0 Å². The Hall–Kier alpha value is 0.860. The summed E-state index contributed by atoms with van der Waals surface area (Å²) in [4.78, 5) is 0. The summed E-state index contributed by atoms with van der Waals surface area (Å²) >= 11 is 0. The normalized spacial score (nSPS) is 32.4. The molecule has 1 heterocycles. The SMILES string of the molecule is CC(C)(C)C[P+]1(C(C)(C)C)C(C(C)(C)C)P1C(C)(C)C. The maximum absolute atomic E-state index is 2.54. The molecule has 0 aromatic heterocycles. The van der Waals surface area contributed by atoms with Gasteiger partial charge in [-0.25, -0.2) is 0 Å². The van der Waals surface area contributed by atoms with Crippen LogP contribution in [0, 0.1) is 10.8 Å². The number of hydrogen-bond donors (Lipinski definition) is 0. The predicted octanol–water partition coefficient (Wildman–Crippen LogP) is 7.43. The average Bonchev–Trinajstić information content (AvgIpc) is 2.67. The maximum atomic E-state index is 2.54. The van der Waals surface area contributed by atoms with Gasteiger partial charge < -0.3 is 0 Å². The van der Waals surface area contributed by atoms with Crippen LogP contribution in [-0.4, -0.2) is 21.9 Å². The second-order valence-corrected chi connectivity index (χ2v) is 21.2. The van der Waals surface area contributed by atoms with Crippen LogP contribution in [0.1, 0.15) is 83.1 Å². The van der Waals surface area contributed by atoms with Crippen LogP contribution in [0.25, 0.3) is 0 Å². The smallest absolute Gasteiger partial charge is 0.0567 e. The highest BCUT2D eigenvalue weighted by Crippen LogP contribution is 3.16. The zero-order chi connectivity index (χ0) is 16.4. The third-order valence-electron chi connectivity index (χ3n) is 4.31. The van der Waals surface area contributed by atoms with E-state index in [0.717, 1.165) is 5.40 Å². The standard InChI is InChI=1S/C18H39P2/c1-15(2,3)13-20(18(10,11)12)14(16(4,5)6)19(20)17(7,8)9/h14H,13H2,1-12H3/q+1. The summed E-state index contributed by atoms with van der Waals surface area (Å²) in [5, 5.41) is 2.03. The van der Waals surface area contributed by atoms with E-state index in [9.17, 15) is 0 Å². The third-order valence-corrected chi connectivity index (χ3v) is 21.4. The van der Waals surface area contributed by atoms with E-state index in [-0.39, 0.29) is 7.61 Å². The molecule has 1 rings (SSSR count). The Morgan fingerprint density at radius 2 is 1.15 bits per heavy atom. The Balaban J connectivity index is 3.37. The Morgan fingerprint density at radius 1 is 0.750 bits per heavy atom. The van der Waals surface area contributed by atoms with E-state index in [1.807, 2.05) is 0 Å². The van der Waals surface area contributed by atoms with Crippen LogP contribution >= 0.6 is 14.6 Å². The molecule has 0 nitrogen and oxygen atoms in total. The van der Waals surface area contributed by atoms with Gasteiger partial charge in [-0.05, 0) is 26.2 Å². The fraction of sp³-hybridized carbons (Fsp3) is 1.00. The van der Waals surface area contributed by atoms with Crippen LogP contribution in [0.3, 0.4) is 0 Å². The molecule has 1 aliphatic heterocycles. The lowest BCUT2D eigenvalue weighted by atomic mass is 10.00. The first kappa shape index (κ1) is 18.9. The fourth-order valence-electron chi connectivity index (χ4n) is 4.01. The van der Waals surface area contributed by atoms with Crippen LogP contribution in [0.4, 0.5) is 0 Å². The van der Waals surface area contributed by atoms with Gasteiger partial charge in [-0.3, -0.25) is 0 Å². The molecule has 0 amide bonds. The van der Waals surface area contributed by atoms with Crippen molar-refractivity contribution >= 4 is 14.6 Å². The molecular weight excluding hydrogens is 278 g/mol. The van der Waals surface area contributed by atoms with Crippen LogP contribution in [0.2, 0.25) is 0 Å². The van der Waals surface area contributed by atoms with Crippen LogP contribution < -0.4 is 0 Å². The topological polar surface area (TPSA) is 0 Å². The molecule has 0 saturated carbocycles. The molecule has 1 aliphatic rings. The predicted molar refractivity (Wildman–Crippen MR) is 101 cm³/mol. The van der Waals surface area contributed by atoms with Crippen LogP contribution in [-0.2, 0) is 0 Å². The monoisotopic (exact) mass is 317 g/mol. The lowest BCUT2D eigenvalue weighted by molar-refractivity contribution is 0.444. The zero-order valence-corrected chi connectivity index (χ0v) is 18.0. The molecule has 0 aromatic carbocycles. The lowest BCUT2D eigenvalue weighted by Crippen LogP contribution is -2.26. The summed E-state index contributed by atoms with van der Waals surface area (Å²) in [6, 6.07) is 0. The van der Waals surface area contributed by atoms with Gasteiger partial charge in [-0.2, -0.15) is 0 Å². The molecule has 20 heavy (non-hydrogen) atoms. The van der Waals surface area contributed by atoms with Gasteiger partial charge in [0, 0.05) is 10.6 Å². The highest BCUT2D eigenvalue weighted by molar-refractivity contribution is 8.56. The summed E-state index contributed by atoms with van der Waals surface area (Å²) in [6.07, 6.45) is 1.48. The van der Waals surface area contributed by atoms with Crippen molar-refractivity contribution in [2.75, 3.05) is 6.16 Å². The highest BCUT2D eigenvalue weighted by atomic mass is 32.1. The van der Waals surface area contributed by atoms with E-state index >= 15 is 0 Å². The van der Waals surface area contributed by atoms with Crippen molar-refractivity contribution in [3.05, 3.63) is 0 Å². The second kappa shape index (κ2) is 4.93. The van der Waals surface area contributed by atoms with Crippen LogP contribution in [0.15, 0.2) is 0 Å². The zero-order valence-electron chi connectivity index (χ0n) is 16.2. The van der Waals surface area contributed by atoms with Crippen molar-refractivity contribution in [2.45, 2.75) is 98.8 Å². The third kappa shape index (κ3) is 3.43. The molecule has 3 atom stereocenters. The van der Waals surface area contributed by atoms with Gasteiger partial charge in [-0.15, -0.1) is 0 Å². The van der Waals surface area contributed by atoms with Crippen molar-refractivity contribution in [1.82, 2.24) is 0 Å². The van der Waals surface area contributed by atoms with Crippen molar-refractivity contribution in [3.8, 4) is 0 Å². The largest absolute Gasteiger partial charge is 0.132 e. The molecule has 0 aromatic rings. The molecule has 0 aliphatic carbocycles.